The van der Waals surface area contributed by atoms with Gasteiger partial charge in [-0.2, -0.15) is 0 Å². The van der Waals surface area contributed by atoms with Crippen molar-refractivity contribution >= 4 is 11.3 Å². The van der Waals surface area contributed by atoms with E-state index in [0.29, 0.717) is 0 Å². The zero-order valence-electron chi connectivity index (χ0n) is 12.3. The molecule has 1 unspecified atom stereocenters. The Morgan fingerprint density at radius 1 is 1.25 bits per heavy atom. The molecule has 1 N–H and O–H groups in total. The van der Waals surface area contributed by atoms with E-state index in [0.717, 1.165) is 18.7 Å². The first-order valence-corrected chi connectivity index (χ1v) is 8.15. The van der Waals surface area contributed by atoms with Gasteiger partial charge in [-0.15, -0.1) is 11.3 Å². The Hall–Kier alpha value is -1.32. The summed E-state index contributed by atoms with van der Waals surface area (Å²) in [5.74, 6) is 0.965. The van der Waals surface area contributed by atoms with Gasteiger partial charge in [0.05, 0.1) is 0 Å². The summed E-state index contributed by atoms with van der Waals surface area (Å²) in [6.07, 6.45) is 3.65. The Balaban J connectivity index is 2.08. The average Bonchev–Trinajstić information content (AvgIpc) is 2.98. The third-order valence-electron chi connectivity index (χ3n) is 3.24. The van der Waals surface area contributed by atoms with Crippen LogP contribution in [-0.2, 0) is 6.54 Å². The van der Waals surface area contributed by atoms with Gasteiger partial charge >= 0.3 is 0 Å². The van der Waals surface area contributed by atoms with E-state index >= 15 is 0 Å². The summed E-state index contributed by atoms with van der Waals surface area (Å²) in [6.45, 7) is 3.09. The number of ether oxygens (including phenoxy) is 1. The first-order chi connectivity index (χ1) is 9.83. The van der Waals surface area contributed by atoms with Crippen molar-refractivity contribution in [2.24, 2.45) is 0 Å². The Kier molecular flexibility index (Phi) is 6.09. The largest absolute Gasteiger partial charge is 0.485 e. The van der Waals surface area contributed by atoms with Crippen LogP contribution in [-0.4, -0.2) is 7.05 Å². The third-order valence-corrected chi connectivity index (χ3v) is 4.20. The van der Waals surface area contributed by atoms with Crippen molar-refractivity contribution in [1.29, 1.82) is 0 Å². The summed E-state index contributed by atoms with van der Waals surface area (Å²) >= 11 is 1.78. The minimum absolute atomic E-state index is 0.180. The molecule has 0 radical (unpaired) electrons. The van der Waals surface area contributed by atoms with E-state index in [1.165, 1.54) is 23.3 Å². The van der Waals surface area contributed by atoms with Crippen molar-refractivity contribution < 1.29 is 4.74 Å². The Morgan fingerprint density at radius 2 is 2.15 bits per heavy atom. The van der Waals surface area contributed by atoms with Gasteiger partial charge in [-0.25, -0.2) is 0 Å². The first kappa shape index (κ1) is 15.1. The molecule has 0 saturated heterocycles. The molecule has 3 heteroatoms. The van der Waals surface area contributed by atoms with E-state index in [4.69, 9.17) is 4.74 Å². The Labute approximate surface area is 125 Å². The van der Waals surface area contributed by atoms with Crippen LogP contribution in [0.4, 0.5) is 0 Å². The molecular weight excluding hydrogens is 266 g/mol. The van der Waals surface area contributed by atoms with Gasteiger partial charge in [-0.1, -0.05) is 31.5 Å². The molecule has 2 rings (SSSR count). The Morgan fingerprint density at radius 3 is 2.85 bits per heavy atom. The van der Waals surface area contributed by atoms with Crippen molar-refractivity contribution in [2.45, 2.75) is 38.8 Å². The van der Waals surface area contributed by atoms with E-state index in [2.05, 4.69) is 48.0 Å². The summed E-state index contributed by atoms with van der Waals surface area (Å²) in [6, 6.07) is 12.6. The van der Waals surface area contributed by atoms with E-state index in [-0.39, 0.29) is 6.10 Å². The van der Waals surface area contributed by atoms with Crippen LogP contribution in [0, 0.1) is 0 Å². The fourth-order valence-corrected chi connectivity index (χ4v) is 3.01. The van der Waals surface area contributed by atoms with Crippen LogP contribution in [0.3, 0.4) is 0 Å². The number of hydrogen-bond acceptors (Lipinski definition) is 3. The molecule has 0 bridgehead atoms. The molecule has 2 nitrogen and oxygen atoms in total. The lowest BCUT2D eigenvalue weighted by atomic mass is 10.1. The highest BCUT2D eigenvalue weighted by Gasteiger charge is 2.14. The molecule has 1 aromatic carbocycles. The van der Waals surface area contributed by atoms with Gasteiger partial charge in [0.25, 0.3) is 0 Å². The summed E-state index contributed by atoms with van der Waals surface area (Å²) in [5.41, 5.74) is 1.26. The highest BCUT2D eigenvalue weighted by molar-refractivity contribution is 7.10. The number of rotatable bonds is 8. The van der Waals surface area contributed by atoms with Gasteiger partial charge in [0.15, 0.2) is 0 Å². The fourth-order valence-electron chi connectivity index (χ4n) is 2.22. The van der Waals surface area contributed by atoms with Crippen LogP contribution in [0.25, 0.3) is 0 Å². The lowest BCUT2D eigenvalue weighted by molar-refractivity contribution is 0.195. The summed E-state index contributed by atoms with van der Waals surface area (Å²) in [7, 11) is 1.96. The van der Waals surface area contributed by atoms with Crippen LogP contribution >= 0.6 is 11.3 Å². The molecule has 1 heterocycles. The summed E-state index contributed by atoms with van der Waals surface area (Å²) < 4.78 is 6.23. The fraction of sp³-hybridized carbons (Fsp3) is 0.412. The molecule has 2 aromatic rings. The molecule has 108 valence electrons. The maximum absolute atomic E-state index is 6.23. The van der Waals surface area contributed by atoms with Crippen molar-refractivity contribution in [3.05, 3.63) is 52.2 Å². The van der Waals surface area contributed by atoms with Crippen LogP contribution in [0.1, 0.15) is 42.7 Å². The number of unbranched alkanes of at least 4 members (excludes halogenated alkanes) is 1. The van der Waals surface area contributed by atoms with Gasteiger partial charge in [-0.3, -0.25) is 0 Å². The van der Waals surface area contributed by atoms with E-state index in [9.17, 15) is 0 Å². The molecular formula is C17H23NOS. The van der Waals surface area contributed by atoms with Gasteiger partial charge < -0.3 is 10.1 Å². The molecule has 0 aliphatic heterocycles. The third kappa shape index (κ3) is 4.36. The molecule has 20 heavy (non-hydrogen) atoms. The predicted octanol–water partition coefficient (Wildman–Crippen LogP) is 4.78. The van der Waals surface area contributed by atoms with Crippen molar-refractivity contribution in [3.63, 3.8) is 0 Å². The molecule has 1 atom stereocenters. The summed E-state index contributed by atoms with van der Waals surface area (Å²) in [5, 5.41) is 5.29. The zero-order valence-corrected chi connectivity index (χ0v) is 13.1. The highest BCUT2D eigenvalue weighted by atomic mass is 32.1. The molecule has 0 aliphatic rings. The minimum Gasteiger partial charge on any atom is -0.485 e. The van der Waals surface area contributed by atoms with E-state index < -0.39 is 0 Å². The van der Waals surface area contributed by atoms with E-state index in [1.54, 1.807) is 11.3 Å². The second kappa shape index (κ2) is 8.08. The number of benzene rings is 1. The number of thiophene rings is 1. The predicted molar refractivity (Wildman–Crippen MR) is 86.4 cm³/mol. The topological polar surface area (TPSA) is 21.3 Å². The lowest BCUT2D eigenvalue weighted by Gasteiger charge is -2.18. The van der Waals surface area contributed by atoms with Crippen LogP contribution in [0.15, 0.2) is 41.8 Å². The molecule has 0 fully saturated rings. The quantitative estimate of drug-likeness (QED) is 0.755. The van der Waals surface area contributed by atoms with Gasteiger partial charge in [0.1, 0.15) is 11.9 Å². The van der Waals surface area contributed by atoms with Crippen molar-refractivity contribution in [1.82, 2.24) is 5.32 Å². The number of hydrogen-bond donors (Lipinski definition) is 1. The van der Waals surface area contributed by atoms with Crippen molar-refractivity contribution in [3.8, 4) is 5.75 Å². The first-order valence-electron chi connectivity index (χ1n) is 7.27. The monoisotopic (exact) mass is 289 g/mol. The normalized spacial score (nSPS) is 12.3. The maximum atomic E-state index is 6.23. The second-order valence-electron chi connectivity index (χ2n) is 4.94. The highest BCUT2D eigenvalue weighted by Crippen LogP contribution is 2.29. The molecule has 0 spiro atoms. The smallest absolute Gasteiger partial charge is 0.133 e. The van der Waals surface area contributed by atoms with Gasteiger partial charge in [0.2, 0.25) is 0 Å². The van der Waals surface area contributed by atoms with Crippen LogP contribution in [0.2, 0.25) is 0 Å². The van der Waals surface area contributed by atoms with Gasteiger partial charge in [-0.05, 0) is 49.0 Å². The molecule has 0 saturated carbocycles. The standard InChI is InChI=1S/C17H23NOS/c1-3-4-9-16(17-10-6-11-20-17)19-15-8-5-7-14(12-15)13-18-2/h5-8,10-12,16,18H,3-4,9,13H2,1-2H3. The van der Waals surface area contributed by atoms with Crippen LogP contribution in [0.5, 0.6) is 5.75 Å². The molecule has 0 aliphatic carbocycles. The van der Waals surface area contributed by atoms with Crippen molar-refractivity contribution in [2.75, 3.05) is 7.05 Å². The summed E-state index contributed by atoms with van der Waals surface area (Å²) in [4.78, 5) is 1.32. The zero-order chi connectivity index (χ0) is 14.2. The molecule has 0 amide bonds. The number of nitrogens with one attached hydrogen (secondary N) is 1. The SMILES string of the molecule is CCCCC(Oc1cccc(CNC)c1)c1cccs1. The second-order valence-corrected chi connectivity index (χ2v) is 5.92. The van der Waals surface area contributed by atoms with E-state index in [1.807, 2.05) is 13.1 Å². The maximum Gasteiger partial charge on any atom is 0.133 e. The average molecular weight is 289 g/mol. The van der Waals surface area contributed by atoms with Crippen LogP contribution < -0.4 is 10.1 Å². The minimum atomic E-state index is 0.180. The van der Waals surface area contributed by atoms with Gasteiger partial charge in [0, 0.05) is 11.4 Å². The lowest BCUT2D eigenvalue weighted by Crippen LogP contribution is -2.08. The molecule has 1 aromatic heterocycles. The Bertz CT molecular complexity index is 495.